The van der Waals surface area contributed by atoms with Gasteiger partial charge in [-0.2, -0.15) is 0 Å². The molecule has 170 valence electrons. The molecule has 0 aliphatic rings. The lowest BCUT2D eigenvalue weighted by molar-refractivity contribution is 0.0531. The second kappa shape index (κ2) is 8.07. The molecule has 0 amide bonds. The summed E-state index contributed by atoms with van der Waals surface area (Å²) < 4.78 is 13.2. The monoisotopic (exact) mass is 447 g/mol. The third-order valence-electron chi connectivity index (χ3n) is 5.36. The van der Waals surface area contributed by atoms with E-state index in [1.54, 1.807) is 32.9 Å². The fourth-order valence-corrected chi connectivity index (χ4v) is 3.79. The molecule has 0 aliphatic heterocycles. The van der Waals surface area contributed by atoms with E-state index in [0.717, 1.165) is 0 Å². The second-order valence-corrected chi connectivity index (χ2v) is 14.9. The van der Waals surface area contributed by atoms with Gasteiger partial charge >= 0.3 is 6.09 Å². The fraction of sp³-hybridized carbons (Fsp3) is 0.478. The molecular formula is C23H33NO6Si. The summed E-state index contributed by atoms with van der Waals surface area (Å²) in [4.78, 5) is 25.5. The standard InChI is InChI=1S/C23H33NO6Si/c1-14(25)19-16(26)11-12-17(27)20(19)15-10-13-18(30-31(8,9)23(5,6)7)24(15)21(28)29-22(2,3)4/h10-13,26-27H,1-9H3. The van der Waals surface area contributed by atoms with Crippen LogP contribution in [0.5, 0.6) is 17.4 Å². The van der Waals surface area contributed by atoms with Crippen molar-refractivity contribution in [2.75, 3.05) is 0 Å². The summed E-state index contributed by atoms with van der Waals surface area (Å²) in [7, 11) is -2.34. The Bertz CT molecular complexity index is 1010. The molecule has 0 saturated carbocycles. The van der Waals surface area contributed by atoms with Gasteiger partial charge in [0.05, 0.1) is 16.8 Å². The van der Waals surface area contributed by atoms with Crippen LogP contribution in [-0.2, 0) is 4.74 Å². The van der Waals surface area contributed by atoms with E-state index in [-0.39, 0.29) is 39.2 Å². The van der Waals surface area contributed by atoms with Crippen molar-refractivity contribution in [1.82, 2.24) is 4.57 Å². The zero-order chi connectivity index (χ0) is 23.9. The van der Waals surface area contributed by atoms with Gasteiger partial charge in [-0.1, -0.05) is 20.8 Å². The first-order chi connectivity index (χ1) is 14.0. The predicted octanol–water partition coefficient (Wildman–Crippen LogP) is 5.94. The van der Waals surface area contributed by atoms with E-state index in [2.05, 4.69) is 20.8 Å². The van der Waals surface area contributed by atoms with E-state index in [4.69, 9.17) is 9.16 Å². The van der Waals surface area contributed by atoms with E-state index >= 15 is 0 Å². The summed E-state index contributed by atoms with van der Waals surface area (Å²) in [5, 5.41) is 20.7. The summed E-state index contributed by atoms with van der Waals surface area (Å²) in [6, 6.07) is 5.71. The van der Waals surface area contributed by atoms with Crippen molar-refractivity contribution in [1.29, 1.82) is 0 Å². The van der Waals surface area contributed by atoms with Gasteiger partial charge in [0.25, 0.3) is 8.32 Å². The topological polar surface area (TPSA) is 98.0 Å². The van der Waals surface area contributed by atoms with Crippen LogP contribution in [0.15, 0.2) is 24.3 Å². The van der Waals surface area contributed by atoms with Crippen LogP contribution in [0.4, 0.5) is 4.79 Å². The Morgan fingerprint density at radius 1 is 0.935 bits per heavy atom. The maximum Gasteiger partial charge on any atom is 0.421 e. The fourth-order valence-electron chi connectivity index (χ4n) is 2.80. The number of ether oxygens (including phenoxy) is 1. The summed E-state index contributed by atoms with van der Waals surface area (Å²) in [6.07, 6.45) is -0.710. The van der Waals surface area contributed by atoms with Crippen LogP contribution in [0.25, 0.3) is 11.3 Å². The Morgan fingerprint density at radius 2 is 1.48 bits per heavy atom. The third-order valence-corrected chi connectivity index (χ3v) is 9.69. The second-order valence-electron chi connectivity index (χ2n) is 10.1. The van der Waals surface area contributed by atoms with E-state index < -0.39 is 25.8 Å². The number of nitrogens with zero attached hydrogens (tertiary/aromatic N) is 1. The minimum Gasteiger partial charge on any atom is -0.531 e. The smallest absolute Gasteiger partial charge is 0.421 e. The van der Waals surface area contributed by atoms with Crippen molar-refractivity contribution < 1.29 is 29.0 Å². The van der Waals surface area contributed by atoms with Crippen LogP contribution >= 0.6 is 0 Å². The molecule has 2 rings (SSSR count). The Kier molecular flexibility index (Phi) is 6.38. The molecule has 31 heavy (non-hydrogen) atoms. The van der Waals surface area contributed by atoms with Gasteiger partial charge in [0.2, 0.25) is 0 Å². The average Bonchev–Trinajstić information content (AvgIpc) is 2.96. The Labute approximate surface area is 184 Å². The van der Waals surface area contributed by atoms with Crippen molar-refractivity contribution >= 4 is 20.2 Å². The lowest BCUT2D eigenvalue weighted by Crippen LogP contribution is -2.44. The molecule has 0 spiro atoms. The van der Waals surface area contributed by atoms with Crippen molar-refractivity contribution in [2.45, 2.75) is 72.2 Å². The van der Waals surface area contributed by atoms with E-state index in [1.165, 1.54) is 23.6 Å². The lowest BCUT2D eigenvalue weighted by Gasteiger charge is -2.36. The van der Waals surface area contributed by atoms with Crippen molar-refractivity contribution in [2.24, 2.45) is 0 Å². The van der Waals surface area contributed by atoms with E-state index in [9.17, 15) is 19.8 Å². The van der Waals surface area contributed by atoms with Crippen LogP contribution in [0.3, 0.4) is 0 Å². The molecule has 7 nitrogen and oxygen atoms in total. The van der Waals surface area contributed by atoms with E-state index in [0.29, 0.717) is 0 Å². The normalized spacial score (nSPS) is 12.5. The first kappa shape index (κ1) is 24.5. The highest BCUT2D eigenvalue weighted by molar-refractivity contribution is 6.74. The Balaban J connectivity index is 2.80. The summed E-state index contributed by atoms with van der Waals surface area (Å²) in [6.45, 7) is 16.9. The Hall–Kier alpha value is -2.74. The molecule has 2 N–H and O–H groups in total. The largest absolute Gasteiger partial charge is 0.531 e. The van der Waals surface area contributed by atoms with Crippen molar-refractivity contribution in [3.8, 4) is 28.6 Å². The molecule has 1 heterocycles. The maximum atomic E-state index is 13.2. The molecule has 0 fully saturated rings. The molecule has 0 atom stereocenters. The quantitative estimate of drug-likeness (QED) is 0.342. The first-order valence-corrected chi connectivity index (χ1v) is 13.1. The number of aromatic nitrogens is 1. The summed E-state index contributed by atoms with van der Waals surface area (Å²) >= 11 is 0. The average molecular weight is 448 g/mol. The van der Waals surface area contributed by atoms with Gasteiger partial charge in [-0.25, -0.2) is 9.36 Å². The Morgan fingerprint density at radius 3 is 1.97 bits per heavy atom. The number of benzene rings is 1. The van der Waals surface area contributed by atoms with Gasteiger partial charge < -0.3 is 19.4 Å². The van der Waals surface area contributed by atoms with Crippen LogP contribution in [0, 0.1) is 0 Å². The molecule has 0 aliphatic carbocycles. The highest BCUT2D eigenvalue weighted by atomic mass is 28.4. The van der Waals surface area contributed by atoms with Gasteiger partial charge in [-0.3, -0.25) is 4.79 Å². The zero-order valence-electron chi connectivity index (χ0n) is 19.8. The number of phenols is 2. The number of carbonyl (C=O) groups is 2. The highest BCUT2D eigenvalue weighted by Gasteiger charge is 2.40. The number of hydrogen-bond donors (Lipinski definition) is 2. The number of ketones is 1. The molecule has 2 aromatic rings. The molecule has 0 saturated heterocycles. The van der Waals surface area contributed by atoms with Crippen LogP contribution < -0.4 is 4.43 Å². The number of phenolic OH excluding ortho intramolecular Hbond substituents is 2. The molecule has 1 aromatic heterocycles. The number of carbonyl (C=O) groups excluding carboxylic acids is 2. The molecule has 0 unspecified atom stereocenters. The lowest BCUT2D eigenvalue weighted by atomic mass is 9.99. The predicted molar refractivity (Wildman–Crippen MR) is 123 cm³/mol. The summed E-state index contributed by atoms with van der Waals surface area (Å²) in [5.41, 5.74) is -0.622. The van der Waals surface area contributed by atoms with Crippen molar-refractivity contribution in [3.05, 3.63) is 29.8 Å². The molecule has 0 radical (unpaired) electrons. The summed E-state index contributed by atoms with van der Waals surface area (Å²) in [5.74, 6) is -0.728. The molecule has 0 bridgehead atoms. The van der Waals surface area contributed by atoms with Crippen LogP contribution in [0.1, 0.15) is 58.8 Å². The molecular weight excluding hydrogens is 414 g/mol. The van der Waals surface area contributed by atoms with Crippen LogP contribution in [-0.4, -0.2) is 40.6 Å². The zero-order valence-corrected chi connectivity index (χ0v) is 20.8. The minimum absolute atomic E-state index is 0.0449. The van der Waals surface area contributed by atoms with Gasteiger partial charge in [-0.15, -0.1) is 0 Å². The third kappa shape index (κ3) is 5.12. The number of hydrogen-bond acceptors (Lipinski definition) is 6. The van der Waals surface area contributed by atoms with Gasteiger partial charge in [0.1, 0.15) is 17.1 Å². The van der Waals surface area contributed by atoms with Gasteiger partial charge in [0, 0.05) is 0 Å². The number of Topliss-reactive ketones (excluding diaryl/α,β-unsaturated/α-hetero) is 1. The number of rotatable bonds is 4. The first-order valence-electron chi connectivity index (χ1n) is 10.2. The SMILES string of the molecule is CC(=O)c1c(O)ccc(O)c1-c1ccc(O[Si](C)(C)C(C)(C)C)n1C(=O)OC(C)(C)C. The highest BCUT2D eigenvalue weighted by Crippen LogP contribution is 2.42. The van der Waals surface area contributed by atoms with Gasteiger partial charge in [0.15, 0.2) is 11.7 Å². The van der Waals surface area contributed by atoms with E-state index in [1.807, 2.05) is 13.1 Å². The molecule has 8 heteroatoms. The van der Waals surface area contributed by atoms with Crippen molar-refractivity contribution in [3.63, 3.8) is 0 Å². The maximum absolute atomic E-state index is 13.2. The minimum atomic E-state index is -2.34. The number of aromatic hydroxyl groups is 2. The van der Waals surface area contributed by atoms with Gasteiger partial charge in [-0.05, 0) is 70.1 Å². The molecule has 1 aromatic carbocycles. The van der Waals surface area contributed by atoms with Crippen LogP contribution in [0.2, 0.25) is 18.1 Å².